The molecule has 1 unspecified atom stereocenters. The van der Waals surface area contributed by atoms with Gasteiger partial charge in [0.25, 0.3) is 5.91 Å². The van der Waals surface area contributed by atoms with Crippen LogP contribution in [-0.4, -0.2) is 17.6 Å². The Kier molecular flexibility index (Phi) is 6.73. The molecule has 4 nitrogen and oxygen atoms in total. The highest BCUT2D eigenvalue weighted by atomic mass is 79.9. The summed E-state index contributed by atoms with van der Waals surface area (Å²) in [5.74, 6) is 0.221. The Morgan fingerprint density at radius 2 is 1.84 bits per heavy atom. The molecule has 3 aromatic rings. The Morgan fingerprint density at radius 1 is 1.06 bits per heavy atom. The molecular weight excluding hydrogens is 479 g/mol. The monoisotopic (exact) mass is 498 g/mol. The number of anilines is 1. The van der Waals surface area contributed by atoms with Crippen LogP contribution in [0, 0.1) is 5.82 Å². The van der Waals surface area contributed by atoms with E-state index in [1.165, 1.54) is 17.8 Å². The molecule has 31 heavy (non-hydrogen) atoms. The molecule has 0 saturated heterocycles. The molecule has 3 aromatic carbocycles. The molecule has 2 amide bonds. The van der Waals surface area contributed by atoms with Gasteiger partial charge in [-0.25, -0.2) is 4.39 Å². The molecule has 158 valence electrons. The predicted octanol–water partition coefficient (Wildman–Crippen LogP) is 5.74. The van der Waals surface area contributed by atoms with Gasteiger partial charge in [-0.1, -0.05) is 46.3 Å². The number of carbonyl (C=O) groups excluding carboxylic acids is 2. The smallest absolute Gasteiger partial charge is 0.255 e. The summed E-state index contributed by atoms with van der Waals surface area (Å²) >= 11 is 4.85. The number of fused-ring (bicyclic) bond motifs is 1. The third-order valence-corrected chi connectivity index (χ3v) is 6.68. The van der Waals surface area contributed by atoms with E-state index in [4.69, 9.17) is 0 Å². The lowest BCUT2D eigenvalue weighted by Crippen LogP contribution is -2.32. The van der Waals surface area contributed by atoms with Gasteiger partial charge in [-0.05, 0) is 53.9 Å². The van der Waals surface area contributed by atoms with Gasteiger partial charge in [0.05, 0.1) is 12.5 Å². The number of hydrogen-bond donors (Lipinski definition) is 2. The summed E-state index contributed by atoms with van der Waals surface area (Å²) in [5, 5.41) is 5.88. The van der Waals surface area contributed by atoms with Gasteiger partial charge in [0, 0.05) is 26.4 Å². The number of carbonyl (C=O) groups is 2. The Bertz CT molecular complexity index is 1120. The van der Waals surface area contributed by atoms with Crippen LogP contribution in [0.5, 0.6) is 0 Å². The van der Waals surface area contributed by atoms with Crippen LogP contribution in [0.3, 0.4) is 0 Å². The van der Waals surface area contributed by atoms with Crippen molar-refractivity contribution in [1.82, 2.24) is 5.32 Å². The van der Waals surface area contributed by atoms with Crippen molar-refractivity contribution >= 4 is 45.2 Å². The van der Waals surface area contributed by atoms with Gasteiger partial charge in [-0.2, -0.15) is 0 Å². The molecule has 0 bridgehead atoms. The Hall–Kier alpha value is -2.64. The zero-order valence-corrected chi connectivity index (χ0v) is 18.9. The Balaban J connectivity index is 1.36. The van der Waals surface area contributed by atoms with Crippen LogP contribution in [-0.2, 0) is 11.2 Å². The fourth-order valence-corrected chi connectivity index (χ4v) is 5.05. The normalized spacial score (nSPS) is 15.1. The maximum Gasteiger partial charge on any atom is 0.255 e. The van der Waals surface area contributed by atoms with E-state index >= 15 is 0 Å². The molecule has 0 radical (unpaired) electrons. The van der Waals surface area contributed by atoms with Crippen LogP contribution < -0.4 is 10.6 Å². The summed E-state index contributed by atoms with van der Waals surface area (Å²) in [5.41, 5.74) is 2.89. The third kappa shape index (κ3) is 5.35. The van der Waals surface area contributed by atoms with E-state index in [-0.39, 0.29) is 30.1 Å². The molecule has 0 aliphatic carbocycles. The SMILES string of the molecule is O=C(Cc1ccc(NC(=O)c2cccc(Br)c2)cc1)NC1CCSc2c(F)cccc21. The van der Waals surface area contributed by atoms with Gasteiger partial charge in [-0.15, -0.1) is 11.8 Å². The Labute approximate surface area is 192 Å². The minimum atomic E-state index is -0.234. The summed E-state index contributed by atoms with van der Waals surface area (Å²) in [4.78, 5) is 25.5. The van der Waals surface area contributed by atoms with Gasteiger partial charge in [0.2, 0.25) is 5.91 Å². The maximum atomic E-state index is 14.0. The number of hydrogen-bond acceptors (Lipinski definition) is 3. The topological polar surface area (TPSA) is 58.2 Å². The second-order valence-corrected chi connectivity index (χ2v) is 9.27. The van der Waals surface area contributed by atoms with E-state index in [9.17, 15) is 14.0 Å². The zero-order valence-electron chi connectivity index (χ0n) is 16.5. The average Bonchev–Trinajstić information content (AvgIpc) is 2.76. The zero-order chi connectivity index (χ0) is 21.8. The van der Waals surface area contributed by atoms with Gasteiger partial charge in [0.1, 0.15) is 5.82 Å². The molecule has 1 atom stereocenters. The van der Waals surface area contributed by atoms with Gasteiger partial charge >= 0.3 is 0 Å². The lowest BCUT2D eigenvalue weighted by atomic mass is 10.0. The molecule has 0 spiro atoms. The first kappa shape index (κ1) is 21.6. The fourth-order valence-electron chi connectivity index (χ4n) is 3.51. The number of halogens is 2. The molecule has 0 fully saturated rings. The van der Waals surface area contributed by atoms with Crippen LogP contribution in [0.4, 0.5) is 10.1 Å². The summed E-state index contributed by atoms with van der Waals surface area (Å²) in [7, 11) is 0. The van der Waals surface area contributed by atoms with Crippen LogP contribution >= 0.6 is 27.7 Å². The molecule has 0 saturated carbocycles. The highest BCUT2D eigenvalue weighted by Crippen LogP contribution is 2.37. The quantitative estimate of drug-likeness (QED) is 0.471. The van der Waals surface area contributed by atoms with Gasteiger partial charge in [0.15, 0.2) is 0 Å². The number of rotatable bonds is 5. The fraction of sp³-hybridized carbons (Fsp3) is 0.167. The standard InChI is InChI=1S/C24H20BrFN2O2S/c25-17-4-1-3-16(14-17)24(30)27-18-9-7-15(8-10-18)13-22(29)28-21-11-12-31-23-19(21)5-2-6-20(23)26/h1-10,14,21H,11-13H2,(H,27,30)(H,28,29). The second-order valence-electron chi connectivity index (χ2n) is 7.25. The number of nitrogens with one attached hydrogen (secondary N) is 2. The molecule has 1 heterocycles. The first-order chi connectivity index (χ1) is 15.0. The van der Waals surface area contributed by atoms with E-state index in [1.54, 1.807) is 36.4 Å². The minimum Gasteiger partial charge on any atom is -0.349 e. The Morgan fingerprint density at radius 3 is 2.61 bits per heavy atom. The molecule has 2 N–H and O–H groups in total. The van der Waals surface area contributed by atoms with Crippen LogP contribution in [0.15, 0.2) is 76.1 Å². The summed E-state index contributed by atoms with van der Waals surface area (Å²) in [6, 6.07) is 19.2. The van der Waals surface area contributed by atoms with Crippen LogP contribution in [0.1, 0.15) is 33.9 Å². The number of amides is 2. The van der Waals surface area contributed by atoms with Crippen LogP contribution in [0.2, 0.25) is 0 Å². The van der Waals surface area contributed by atoms with Crippen molar-refractivity contribution in [2.75, 3.05) is 11.1 Å². The lowest BCUT2D eigenvalue weighted by Gasteiger charge is -2.26. The van der Waals surface area contributed by atoms with Crippen molar-refractivity contribution in [3.63, 3.8) is 0 Å². The predicted molar refractivity (Wildman–Crippen MR) is 125 cm³/mol. The second kappa shape index (κ2) is 9.66. The third-order valence-electron chi connectivity index (χ3n) is 5.02. The van der Waals surface area contributed by atoms with Crippen molar-refractivity contribution in [1.29, 1.82) is 0 Å². The average molecular weight is 499 g/mol. The molecule has 0 aromatic heterocycles. The van der Waals surface area contributed by atoms with Crippen molar-refractivity contribution in [2.45, 2.75) is 23.8 Å². The van der Waals surface area contributed by atoms with E-state index in [1.807, 2.05) is 24.3 Å². The number of thioether (sulfide) groups is 1. The molecule has 4 rings (SSSR count). The van der Waals surface area contributed by atoms with Crippen molar-refractivity contribution < 1.29 is 14.0 Å². The number of benzene rings is 3. The van der Waals surface area contributed by atoms with Crippen molar-refractivity contribution in [2.24, 2.45) is 0 Å². The molecule has 1 aliphatic rings. The lowest BCUT2D eigenvalue weighted by molar-refractivity contribution is -0.121. The van der Waals surface area contributed by atoms with E-state index in [2.05, 4.69) is 26.6 Å². The summed E-state index contributed by atoms with van der Waals surface area (Å²) in [6.07, 6.45) is 0.988. The van der Waals surface area contributed by atoms with Gasteiger partial charge in [-0.3, -0.25) is 9.59 Å². The van der Waals surface area contributed by atoms with Crippen molar-refractivity contribution in [3.05, 3.63) is 93.7 Å². The van der Waals surface area contributed by atoms with E-state index < -0.39 is 0 Å². The summed E-state index contributed by atoms with van der Waals surface area (Å²) in [6.45, 7) is 0. The first-order valence-corrected chi connectivity index (χ1v) is 11.6. The molecular formula is C24H20BrFN2O2S. The maximum absolute atomic E-state index is 14.0. The van der Waals surface area contributed by atoms with Crippen molar-refractivity contribution in [3.8, 4) is 0 Å². The van der Waals surface area contributed by atoms with Crippen LogP contribution in [0.25, 0.3) is 0 Å². The highest BCUT2D eigenvalue weighted by molar-refractivity contribution is 9.10. The van der Waals surface area contributed by atoms with Gasteiger partial charge < -0.3 is 10.6 Å². The van der Waals surface area contributed by atoms with E-state index in [0.29, 0.717) is 16.1 Å². The highest BCUT2D eigenvalue weighted by Gasteiger charge is 2.24. The molecule has 1 aliphatic heterocycles. The molecule has 7 heteroatoms. The summed E-state index contributed by atoms with van der Waals surface area (Å²) < 4.78 is 14.9. The minimum absolute atomic E-state index is 0.113. The van der Waals surface area contributed by atoms with E-state index in [0.717, 1.165) is 27.8 Å². The first-order valence-electron chi connectivity index (χ1n) is 9.86. The largest absolute Gasteiger partial charge is 0.349 e.